The molecule has 1 atom stereocenters. The van der Waals surface area contributed by atoms with E-state index in [1.807, 2.05) is 43.3 Å². The Kier molecular flexibility index (Phi) is 3.03. The topological polar surface area (TPSA) is 24.4 Å². The standard InChI is InChI=1S/C16H15FN2/c1-11-10-18-15(12-6-3-2-4-7-12)13-8-5-9-14(17)16(13)19-11/h2-9,11,19H,10H2,1H3. The van der Waals surface area contributed by atoms with Crippen LogP contribution in [0.25, 0.3) is 0 Å². The van der Waals surface area contributed by atoms with E-state index in [0.717, 1.165) is 16.8 Å². The molecule has 1 heterocycles. The predicted octanol–water partition coefficient (Wildman–Crippen LogP) is 3.48. The molecule has 3 heteroatoms. The molecular formula is C16H15FN2. The van der Waals surface area contributed by atoms with Crippen molar-refractivity contribution >= 4 is 11.4 Å². The van der Waals surface area contributed by atoms with Gasteiger partial charge < -0.3 is 5.32 Å². The van der Waals surface area contributed by atoms with E-state index >= 15 is 0 Å². The number of aliphatic imine (C=N–C) groups is 1. The van der Waals surface area contributed by atoms with Crippen LogP contribution in [-0.2, 0) is 0 Å². The molecule has 2 nitrogen and oxygen atoms in total. The lowest BCUT2D eigenvalue weighted by molar-refractivity contribution is 0.627. The molecule has 2 aromatic carbocycles. The van der Waals surface area contributed by atoms with Crippen LogP contribution >= 0.6 is 0 Å². The molecule has 0 bridgehead atoms. The van der Waals surface area contributed by atoms with E-state index in [1.54, 1.807) is 6.07 Å². The minimum absolute atomic E-state index is 0.122. The average molecular weight is 254 g/mol. The fourth-order valence-electron chi connectivity index (χ4n) is 2.32. The lowest BCUT2D eigenvalue weighted by atomic mass is 10.0. The number of nitrogens with one attached hydrogen (secondary N) is 1. The van der Waals surface area contributed by atoms with Crippen molar-refractivity contribution in [2.24, 2.45) is 4.99 Å². The minimum atomic E-state index is -0.227. The van der Waals surface area contributed by atoms with E-state index in [9.17, 15) is 4.39 Å². The predicted molar refractivity (Wildman–Crippen MR) is 76.4 cm³/mol. The molecule has 0 radical (unpaired) electrons. The molecule has 0 amide bonds. The summed E-state index contributed by atoms with van der Waals surface area (Å²) in [6.45, 7) is 2.64. The second-order valence-electron chi connectivity index (χ2n) is 4.76. The van der Waals surface area contributed by atoms with Gasteiger partial charge in [0.2, 0.25) is 0 Å². The maximum atomic E-state index is 14.0. The first-order chi connectivity index (χ1) is 9.25. The van der Waals surface area contributed by atoms with Gasteiger partial charge in [0.1, 0.15) is 5.82 Å². The Balaban J connectivity index is 2.18. The zero-order chi connectivity index (χ0) is 13.2. The number of para-hydroxylation sites is 1. The molecule has 0 saturated heterocycles. The SMILES string of the molecule is CC1CN=C(c2ccccc2)c2cccc(F)c2N1. The van der Waals surface area contributed by atoms with E-state index in [2.05, 4.69) is 10.3 Å². The summed E-state index contributed by atoms with van der Waals surface area (Å²) in [6, 6.07) is 15.2. The molecule has 1 N–H and O–H groups in total. The summed E-state index contributed by atoms with van der Waals surface area (Å²) >= 11 is 0. The van der Waals surface area contributed by atoms with Gasteiger partial charge >= 0.3 is 0 Å². The Morgan fingerprint density at radius 1 is 1.11 bits per heavy atom. The summed E-state index contributed by atoms with van der Waals surface area (Å²) in [4.78, 5) is 4.64. The lowest BCUT2D eigenvalue weighted by Gasteiger charge is -2.13. The van der Waals surface area contributed by atoms with Crippen molar-refractivity contribution in [1.82, 2.24) is 0 Å². The van der Waals surface area contributed by atoms with Crippen molar-refractivity contribution in [3.8, 4) is 0 Å². The highest BCUT2D eigenvalue weighted by Crippen LogP contribution is 2.26. The minimum Gasteiger partial charge on any atom is -0.378 e. The van der Waals surface area contributed by atoms with Crippen molar-refractivity contribution in [3.05, 3.63) is 65.5 Å². The highest BCUT2D eigenvalue weighted by molar-refractivity contribution is 6.16. The van der Waals surface area contributed by atoms with E-state index in [0.29, 0.717) is 12.2 Å². The Bertz CT molecular complexity index is 620. The van der Waals surface area contributed by atoms with Gasteiger partial charge in [-0.2, -0.15) is 0 Å². The maximum absolute atomic E-state index is 14.0. The molecule has 3 rings (SSSR count). The Labute approximate surface area is 112 Å². The van der Waals surface area contributed by atoms with Crippen molar-refractivity contribution in [2.75, 3.05) is 11.9 Å². The number of anilines is 1. The van der Waals surface area contributed by atoms with E-state index in [4.69, 9.17) is 0 Å². The first-order valence-electron chi connectivity index (χ1n) is 6.41. The summed E-state index contributed by atoms with van der Waals surface area (Å²) in [5, 5.41) is 3.20. The van der Waals surface area contributed by atoms with Gasteiger partial charge in [-0.05, 0) is 13.0 Å². The molecule has 96 valence electrons. The molecule has 0 saturated carbocycles. The van der Waals surface area contributed by atoms with Crippen molar-refractivity contribution in [3.63, 3.8) is 0 Å². The molecule has 1 aliphatic heterocycles. The van der Waals surface area contributed by atoms with Crippen LogP contribution in [0, 0.1) is 5.82 Å². The van der Waals surface area contributed by atoms with Gasteiger partial charge in [0.05, 0.1) is 17.9 Å². The van der Waals surface area contributed by atoms with Crippen LogP contribution in [0.4, 0.5) is 10.1 Å². The maximum Gasteiger partial charge on any atom is 0.146 e. The number of rotatable bonds is 1. The van der Waals surface area contributed by atoms with Crippen LogP contribution in [0.3, 0.4) is 0 Å². The number of halogens is 1. The number of hydrogen-bond donors (Lipinski definition) is 1. The monoisotopic (exact) mass is 254 g/mol. The first-order valence-corrected chi connectivity index (χ1v) is 6.41. The number of benzene rings is 2. The van der Waals surface area contributed by atoms with Crippen molar-refractivity contribution < 1.29 is 4.39 Å². The molecule has 2 aromatic rings. The van der Waals surface area contributed by atoms with Crippen molar-refractivity contribution in [1.29, 1.82) is 0 Å². The number of fused-ring (bicyclic) bond motifs is 1. The smallest absolute Gasteiger partial charge is 0.146 e. The quantitative estimate of drug-likeness (QED) is 0.827. The van der Waals surface area contributed by atoms with Crippen LogP contribution in [0.15, 0.2) is 53.5 Å². The van der Waals surface area contributed by atoms with Gasteiger partial charge in [-0.1, -0.05) is 42.5 Å². The zero-order valence-corrected chi connectivity index (χ0v) is 10.7. The fraction of sp³-hybridized carbons (Fsp3) is 0.188. The van der Waals surface area contributed by atoms with Gasteiger partial charge in [0.15, 0.2) is 0 Å². The van der Waals surface area contributed by atoms with Gasteiger partial charge in [0.25, 0.3) is 0 Å². The summed E-state index contributed by atoms with van der Waals surface area (Å²) in [5.41, 5.74) is 3.25. The molecule has 1 unspecified atom stereocenters. The normalized spacial score (nSPS) is 18.0. The van der Waals surface area contributed by atoms with Crippen molar-refractivity contribution in [2.45, 2.75) is 13.0 Å². The molecule has 0 aliphatic carbocycles. The Morgan fingerprint density at radius 3 is 2.68 bits per heavy atom. The highest BCUT2D eigenvalue weighted by Gasteiger charge is 2.19. The number of hydrogen-bond acceptors (Lipinski definition) is 2. The number of benzodiazepines with no additional fused rings is 1. The lowest BCUT2D eigenvalue weighted by Crippen LogP contribution is -2.18. The highest BCUT2D eigenvalue weighted by atomic mass is 19.1. The van der Waals surface area contributed by atoms with E-state index < -0.39 is 0 Å². The summed E-state index contributed by atoms with van der Waals surface area (Å²) in [7, 11) is 0. The van der Waals surface area contributed by atoms with Crippen LogP contribution in [0.5, 0.6) is 0 Å². The van der Waals surface area contributed by atoms with Crippen LogP contribution in [0.2, 0.25) is 0 Å². The molecule has 0 fully saturated rings. The molecular weight excluding hydrogens is 239 g/mol. The summed E-state index contributed by atoms with van der Waals surface area (Å²) < 4.78 is 14.0. The first kappa shape index (κ1) is 11.9. The largest absolute Gasteiger partial charge is 0.378 e. The fourth-order valence-corrected chi connectivity index (χ4v) is 2.32. The second-order valence-corrected chi connectivity index (χ2v) is 4.76. The molecule has 19 heavy (non-hydrogen) atoms. The van der Waals surface area contributed by atoms with Crippen LogP contribution in [0.1, 0.15) is 18.1 Å². The third-order valence-electron chi connectivity index (χ3n) is 3.23. The van der Waals surface area contributed by atoms with Gasteiger partial charge in [-0.15, -0.1) is 0 Å². The second kappa shape index (κ2) is 4.84. The molecule has 0 aromatic heterocycles. The number of nitrogens with zero attached hydrogens (tertiary/aromatic N) is 1. The zero-order valence-electron chi connectivity index (χ0n) is 10.7. The van der Waals surface area contributed by atoms with Gasteiger partial charge in [0, 0.05) is 17.2 Å². The third-order valence-corrected chi connectivity index (χ3v) is 3.23. The van der Waals surface area contributed by atoms with Gasteiger partial charge in [-0.3, -0.25) is 4.99 Å². The Morgan fingerprint density at radius 2 is 1.89 bits per heavy atom. The van der Waals surface area contributed by atoms with Crippen LogP contribution < -0.4 is 5.32 Å². The summed E-state index contributed by atoms with van der Waals surface area (Å²) in [5.74, 6) is -0.227. The molecule has 1 aliphatic rings. The van der Waals surface area contributed by atoms with E-state index in [1.165, 1.54) is 6.07 Å². The summed E-state index contributed by atoms with van der Waals surface area (Å²) in [6.07, 6.45) is 0. The average Bonchev–Trinajstić information content (AvgIpc) is 2.60. The Hall–Kier alpha value is -2.16. The molecule has 0 spiro atoms. The third kappa shape index (κ3) is 2.24. The van der Waals surface area contributed by atoms with E-state index in [-0.39, 0.29) is 11.9 Å². The van der Waals surface area contributed by atoms with Gasteiger partial charge in [-0.25, -0.2) is 4.39 Å². The van der Waals surface area contributed by atoms with Crippen LogP contribution in [-0.4, -0.2) is 18.3 Å².